The van der Waals surface area contributed by atoms with Gasteiger partial charge in [-0.1, -0.05) is 30.3 Å². The Morgan fingerprint density at radius 3 is 2.48 bits per heavy atom. The van der Waals surface area contributed by atoms with Gasteiger partial charge >= 0.3 is 0 Å². The number of hydrogen-bond donors (Lipinski definition) is 0. The number of ketones is 1. The molecule has 1 atom stereocenters. The average molecular weight is 389 g/mol. The first-order valence-corrected chi connectivity index (χ1v) is 9.43. The molecule has 0 aliphatic heterocycles. The minimum atomic E-state index is -0.639. The molecule has 0 fully saturated rings. The summed E-state index contributed by atoms with van der Waals surface area (Å²) in [6, 6.07) is 13.3. The largest absolute Gasteiger partial charge is 0.294 e. The van der Waals surface area contributed by atoms with Crippen LogP contribution in [-0.4, -0.2) is 20.4 Å². The lowest BCUT2D eigenvalue weighted by molar-refractivity contribution is 0.0962. The molecule has 2 heterocycles. The SMILES string of the molecule is Cc1nn2c3c(cnc2c1-c1ccccc1)C(=O)CC(c1cc(F)cc(F)c1)C3. The molecule has 1 aliphatic rings. The second-order valence-electron chi connectivity index (χ2n) is 7.41. The minimum Gasteiger partial charge on any atom is -0.294 e. The van der Waals surface area contributed by atoms with Crippen molar-refractivity contribution in [2.45, 2.75) is 25.7 Å². The molecule has 4 aromatic rings. The second kappa shape index (κ2) is 6.58. The Labute approximate surface area is 165 Å². The molecule has 0 bridgehead atoms. The highest BCUT2D eigenvalue weighted by atomic mass is 19.1. The van der Waals surface area contributed by atoms with Crippen molar-refractivity contribution in [2.75, 3.05) is 0 Å². The monoisotopic (exact) mass is 389 g/mol. The molecule has 144 valence electrons. The molecule has 6 heteroatoms. The first-order chi connectivity index (χ1) is 14.0. The molecule has 0 N–H and O–H groups in total. The zero-order chi connectivity index (χ0) is 20.1. The Balaban J connectivity index is 1.67. The van der Waals surface area contributed by atoms with Crippen molar-refractivity contribution in [3.05, 3.63) is 88.9 Å². The van der Waals surface area contributed by atoms with Crippen LogP contribution in [0.2, 0.25) is 0 Å². The van der Waals surface area contributed by atoms with Gasteiger partial charge in [-0.05, 0) is 42.5 Å². The van der Waals surface area contributed by atoms with Crippen LogP contribution in [-0.2, 0) is 6.42 Å². The fraction of sp³-hybridized carbons (Fsp3) is 0.174. The number of nitrogens with zero attached hydrogens (tertiary/aromatic N) is 3. The maximum absolute atomic E-state index is 13.7. The molecule has 1 aliphatic carbocycles. The summed E-state index contributed by atoms with van der Waals surface area (Å²) in [5.41, 5.74) is 5.13. The van der Waals surface area contributed by atoms with E-state index in [0.717, 1.165) is 28.6 Å². The van der Waals surface area contributed by atoms with Crippen molar-refractivity contribution in [3.8, 4) is 11.1 Å². The first-order valence-electron chi connectivity index (χ1n) is 9.43. The lowest BCUT2D eigenvalue weighted by Gasteiger charge is -2.24. The van der Waals surface area contributed by atoms with E-state index in [1.807, 2.05) is 37.3 Å². The fourth-order valence-corrected chi connectivity index (χ4v) is 4.19. The van der Waals surface area contributed by atoms with Gasteiger partial charge in [0.15, 0.2) is 11.4 Å². The van der Waals surface area contributed by atoms with Gasteiger partial charge in [0.05, 0.1) is 17.0 Å². The van der Waals surface area contributed by atoms with E-state index in [1.165, 1.54) is 12.1 Å². The Kier molecular flexibility index (Phi) is 4.01. The van der Waals surface area contributed by atoms with Gasteiger partial charge in [0, 0.05) is 24.2 Å². The third kappa shape index (κ3) is 2.92. The van der Waals surface area contributed by atoms with Crippen LogP contribution in [0.15, 0.2) is 54.7 Å². The molecular formula is C23H17F2N3O. The van der Waals surface area contributed by atoms with Crippen LogP contribution in [0.25, 0.3) is 16.8 Å². The van der Waals surface area contributed by atoms with Gasteiger partial charge in [-0.3, -0.25) is 4.79 Å². The Hall–Kier alpha value is -3.41. The van der Waals surface area contributed by atoms with E-state index in [2.05, 4.69) is 10.1 Å². The van der Waals surface area contributed by atoms with Crippen LogP contribution in [0.4, 0.5) is 8.78 Å². The van der Waals surface area contributed by atoms with Crippen molar-refractivity contribution < 1.29 is 13.6 Å². The van der Waals surface area contributed by atoms with Crippen LogP contribution in [0.3, 0.4) is 0 Å². The first kappa shape index (κ1) is 17.7. The standard InChI is InChI=1S/C23H17F2N3O/c1-13-22(14-5-3-2-4-6-14)23-26-12-19-20(28(23)27-13)9-16(10-21(19)29)15-7-17(24)11-18(25)8-15/h2-8,11-12,16H,9-10H2,1H3. The van der Waals surface area contributed by atoms with E-state index in [0.29, 0.717) is 23.2 Å². The number of rotatable bonds is 2. The quantitative estimate of drug-likeness (QED) is 0.490. The normalized spacial score (nSPS) is 16.2. The lowest BCUT2D eigenvalue weighted by Crippen LogP contribution is -2.22. The molecule has 4 nitrogen and oxygen atoms in total. The van der Waals surface area contributed by atoms with Gasteiger partial charge in [-0.25, -0.2) is 18.3 Å². The Morgan fingerprint density at radius 1 is 1.03 bits per heavy atom. The summed E-state index contributed by atoms with van der Waals surface area (Å²) < 4.78 is 29.2. The van der Waals surface area contributed by atoms with E-state index in [-0.39, 0.29) is 18.1 Å². The zero-order valence-corrected chi connectivity index (χ0v) is 15.7. The van der Waals surface area contributed by atoms with Gasteiger partial charge in [0.25, 0.3) is 0 Å². The number of halogens is 2. The molecule has 29 heavy (non-hydrogen) atoms. The molecular weight excluding hydrogens is 372 g/mol. The fourth-order valence-electron chi connectivity index (χ4n) is 4.19. The molecule has 2 aromatic heterocycles. The summed E-state index contributed by atoms with van der Waals surface area (Å²) in [7, 11) is 0. The van der Waals surface area contributed by atoms with Crippen LogP contribution in [0.1, 0.15) is 39.6 Å². The number of carbonyl (C=O) groups is 1. The van der Waals surface area contributed by atoms with E-state index >= 15 is 0 Å². The third-order valence-corrected chi connectivity index (χ3v) is 5.51. The summed E-state index contributed by atoms with van der Waals surface area (Å²) in [5.74, 6) is -1.68. The summed E-state index contributed by atoms with van der Waals surface area (Å²) in [6.45, 7) is 1.91. The molecule has 0 saturated heterocycles. The number of benzene rings is 2. The number of Topliss-reactive ketones (excluding diaryl/α,β-unsaturated/α-hetero) is 1. The van der Waals surface area contributed by atoms with E-state index in [9.17, 15) is 13.6 Å². The third-order valence-electron chi connectivity index (χ3n) is 5.51. The van der Waals surface area contributed by atoms with Gasteiger partial charge in [-0.15, -0.1) is 0 Å². The summed E-state index contributed by atoms with van der Waals surface area (Å²) in [5, 5.41) is 4.65. The zero-order valence-electron chi connectivity index (χ0n) is 15.7. The summed E-state index contributed by atoms with van der Waals surface area (Å²) in [6.07, 6.45) is 2.25. The molecule has 0 saturated carbocycles. The number of hydrogen-bond acceptors (Lipinski definition) is 3. The van der Waals surface area contributed by atoms with Crippen LogP contribution < -0.4 is 0 Å². The number of aryl methyl sites for hydroxylation is 1. The average Bonchev–Trinajstić information content (AvgIpc) is 3.04. The van der Waals surface area contributed by atoms with Crippen LogP contribution in [0.5, 0.6) is 0 Å². The Bertz CT molecular complexity index is 1240. The van der Waals surface area contributed by atoms with Crippen molar-refractivity contribution in [1.82, 2.24) is 14.6 Å². The highest BCUT2D eigenvalue weighted by molar-refractivity contribution is 5.99. The second-order valence-corrected chi connectivity index (χ2v) is 7.41. The molecule has 1 unspecified atom stereocenters. The summed E-state index contributed by atoms with van der Waals surface area (Å²) >= 11 is 0. The van der Waals surface area contributed by atoms with Gasteiger partial charge < -0.3 is 0 Å². The molecule has 0 radical (unpaired) electrons. The predicted octanol–water partition coefficient (Wildman–Crippen LogP) is 4.90. The lowest BCUT2D eigenvalue weighted by atomic mass is 9.82. The molecule has 0 amide bonds. The van der Waals surface area contributed by atoms with Gasteiger partial charge in [-0.2, -0.15) is 5.10 Å². The maximum Gasteiger partial charge on any atom is 0.166 e. The highest BCUT2D eigenvalue weighted by Gasteiger charge is 2.30. The van der Waals surface area contributed by atoms with Crippen LogP contribution in [0, 0.1) is 18.6 Å². The topological polar surface area (TPSA) is 47.3 Å². The van der Waals surface area contributed by atoms with Crippen molar-refractivity contribution in [3.63, 3.8) is 0 Å². The maximum atomic E-state index is 13.7. The van der Waals surface area contributed by atoms with Gasteiger partial charge in [0.2, 0.25) is 0 Å². The highest BCUT2D eigenvalue weighted by Crippen LogP contribution is 2.35. The van der Waals surface area contributed by atoms with E-state index < -0.39 is 11.6 Å². The van der Waals surface area contributed by atoms with E-state index in [1.54, 1.807) is 10.7 Å². The molecule has 0 spiro atoms. The number of aromatic nitrogens is 3. The van der Waals surface area contributed by atoms with Crippen molar-refractivity contribution in [2.24, 2.45) is 0 Å². The van der Waals surface area contributed by atoms with Crippen molar-refractivity contribution in [1.29, 1.82) is 0 Å². The number of fused-ring (bicyclic) bond motifs is 3. The molecule has 5 rings (SSSR count). The van der Waals surface area contributed by atoms with Crippen LogP contribution >= 0.6 is 0 Å². The smallest absolute Gasteiger partial charge is 0.166 e. The van der Waals surface area contributed by atoms with Gasteiger partial charge in [0.1, 0.15) is 11.6 Å². The Morgan fingerprint density at radius 2 is 1.76 bits per heavy atom. The van der Waals surface area contributed by atoms with Crippen molar-refractivity contribution >= 4 is 11.4 Å². The molecule has 2 aromatic carbocycles. The predicted molar refractivity (Wildman–Crippen MR) is 105 cm³/mol. The number of carbonyl (C=O) groups excluding carboxylic acids is 1. The minimum absolute atomic E-state index is 0.0928. The van der Waals surface area contributed by atoms with E-state index in [4.69, 9.17) is 0 Å². The summed E-state index contributed by atoms with van der Waals surface area (Å²) in [4.78, 5) is 17.3.